The van der Waals surface area contributed by atoms with Crippen LogP contribution in [-0.4, -0.2) is 37.4 Å². The van der Waals surface area contributed by atoms with E-state index >= 15 is 0 Å². The molecule has 0 unspecified atom stereocenters. The zero-order valence-corrected chi connectivity index (χ0v) is 16.1. The van der Waals surface area contributed by atoms with Crippen molar-refractivity contribution >= 4 is 17.8 Å². The van der Waals surface area contributed by atoms with E-state index in [0.717, 1.165) is 31.0 Å². The Morgan fingerprint density at radius 1 is 0.929 bits per heavy atom. The average Bonchev–Trinajstić information content (AvgIpc) is 2.71. The van der Waals surface area contributed by atoms with Gasteiger partial charge in [0.05, 0.1) is 13.1 Å². The summed E-state index contributed by atoms with van der Waals surface area (Å²) in [5.41, 5.74) is 7.75. The van der Waals surface area contributed by atoms with Gasteiger partial charge in [-0.2, -0.15) is 0 Å². The van der Waals surface area contributed by atoms with Crippen LogP contribution in [0.2, 0.25) is 0 Å². The normalized spacial score (nSPS) is 11.0. The average molecular weight is 381 g/mol. The van der Waals surface area contributed by atoms with Gasteiger partial charge in [-0.1, -0.05) is 42.5 Å². The van der Waals surface area contributed by atoms with Crippen LogP contribution >= 0.6 is 0 Å². The first-order valence-corrected chi connectivity index (χ1v) is 9.30. The van der Waals surface area contributed by atoms with Gasteiger partial charge in [0, 0.05) is 18.7 Å². The van der Waals surface area contributed by atoms with Crippen LogP contribution in [0.3, 0.4) is 0 Å². The highest BCUT2D eigenvalue weighted by Crippen LogP contribution is 2.06. The van der Waals surface area contributed by atoms with Crippen LogP contribution in [0.1, 0.15) is 28.4 Å². The molecule has 0 aromatic heterocycles. The third kappa shape index (κ3) is 7.49. The lowest BCUT2D eigenvalue weighted by Gasteiger charge is -2.11. The van der Waals surface area contributed by atoms with Crippen LogP contribution < -0.4 is 21.7 Å². The van der Waals surface area contributed by atoms with Gasteiger partial charge in [0.2, 0.25) is 5.91 Å². The fourth-order valence-corrected chi connectivity index (χ4v) is 2.51. The van der Waals surface area contributed by atoms with Crippen molar-refractivity contribution in [2.45, 2.75) is 19.9 Å². The molecule has 0 aliphatic heterocycles. The second-order valence-electron chi connectivity index (χ2n) is 6.20. The highest BCUT2D eigenvalue weighted by Gasteiger charge is 2.06. The number of hydrogen-bond acceptors (Lipinski definition) is 3. The molecule has 7 heteroatoms. The minimum absolute atomic E-state index is 0.175. The number of nitrogens with two attached hydrogens (primary N) is 1. The van der Waals surface area contributed by atoms with Gasteiger partial charge >= 0.3 is 0 Å². The lowest BCUT2D eigenvalue weighted by molar-refractivity contribution is -0.117. The number of hydrogen-bond donors (Lipinski definition) is 4. The quantitative estimate of drug-likeness (QED) is 0.387. The number of primary amides is 1. The van der Waals surface area contributed by atoms with Gasteiger partial charge < -0.3 is 21.7 Å². The zero-order chi connectivity index (χ0) is 20.2. The van der Waals surface area contributed by atoms with Crippen molar-refractivity contribution in [1.82, 2.24) is 16.0 Å². The molecule has 7 nitrogen and oxygen atoms in total. The van der Waals surface area contributed by atoms with E-state index in [-0.39, 0.29) is 12.5 Å². The van der Waals surface area contributed by atoms with Crippen molar-refractivity contribution in [3.8, 4) is 0 Å². The van der Waals surface area contributed by atoms with E-state index in [4.69, 9.17) is 5.73 Å². The number of carbonyl (C=O) groups excluding carboxylic acids is 2. The number of guanidine groups is 1. The summed E-state index contributed by atoms with van der Waals surface area (Å²) in [7, 11) is 0. The largest absolute Gasteiger partial charge is 0.368 e. The minimum Gasteiger partial charge on any atom is -0.368 e. The number of nitrogens with one attached hydrogen (secondary N) is 3. The summed E-state index contributed by atoms with van der Waals surface area (Å²) in [6.45, 7) is 3.90. The van der Waals surface area contributed by atoms with Gasteiger partial charge in [0.15, 0.2) is 5.96 Å². The molecule has 2 aromatic carbocycles. The van der Waals surface area contributed by atoms with Crippen LogP contribution in [0.25, 0.3) is 0 Å². The summed E-state index contributed by atoms with van der Waals surface area (Å²) >= 11 is 0. The van der Waals surface area contributed by atoms with E-state index in [1.54, 1.807) is 12.1 Å². The molecule has 2 rings (SSSR count). The number of nitrogens with zero attached hydrogens (tertiary/aromatic N) is 1. The fraction of sp³-hybridized carbons (Fsp3) is 0.286. The van der Waals surface area contributed by atoms with E-state index in [1.807, 2.05) is 37.3 Å². The molecule has 5 N–H and O–H groups in total. The smallest absolute Gasteiger partial charge is 0.251 e. The molecule has 0 bridgehead atoms. The van der Waals surface area contributed by atoms with Crippen molar-refractivity contribution in [3.05, 3.63) is 71.3 Å². The van der Waals surface area contributed by atoms with E-state index in [9.17, 15) is 9.59 Å². The maximum Gasteiger partial charge on any atom is 0.251 e. The summed E-state index contributed by atoms with van der Waals surface area (Å²) < 4.78 is 0. The summed E-state index contributed by atoms with van der Waals surface area (Å²) in [5.74, 6) is -0.151. The number of benzene rings is 2. The van der Waals surface area contributed by atoms with Crippen LogP contribution in [0.4, 0.5) is 0 Å². The van der Waals surface area contributed by atoms with Gasteiger partial charge in [0.1, 0.15) is 0 Å². The second-order valence-corrected chi connectivity index (χ2v) is 6.20. The first-order chi connectivity index (χ1) is 13.6. The van der Waals surface area contributed by atoms with Gasteiger partial charge in [-0.05, 0) is 36.6 Å². The molecule has 2 amide bonds. The maximum absolute atomic E-state index is 11.9. The molecule has 148 valence electrons. The number of aliphatic imine (C=N–C) groups is 1. The lowest BCUT2D eigenvalue weighted by Crippen LogP contribution is -2.38. The molecule has 0 saturated heterocycles. The van der Waals surface area contributed by atoms with Gasteiger partial charge in [-0.3, -0.25) is 9.59 Å². The summed E-state index contributed by atoms with van der Waals surface area (Å²) in [5, 5.41) is 9.01. The molecule has 0 fully saturated rings. The monoisotopic (exact) mass is 381 g/mol. The minimum atomic E-state index is -0.574. The Morgan fingerprint density at radius 3 is 2.29 bits per heavy atom. The highest BCUT2D eigenvalue weighted by molar-refractivity contribution is 5.96. The molecule has 0 spiro atoms. The zero-order valence-electron chi connectivity index (χ0n) is 16.1. The summed E-state index contributed by atoms with van der Waals surface area (Å²) in [6, 6.07) is 17.4. The van der Waals surface area contributed by atoms with Crippen LogP contribution in [0, 0.1) is 0 Å². The third-order valence-corrected chi connectivity index (χ3v) is 3.95. The number of amides is 2. The SMILES string of the molecule is CCNC(=NCc1ccc(C(=O)NCC(N)=O)cc1)NCCc1ccccc1. The molecular weight excluding hydrogens is 354 g/mol. The van der Waals surface area contributed by atoms with Crippen molar-refractivity contribution in [2.24, 2.45) is 10.7 Å². The summed E-state index contributed by atoms with van der Waals surface area (Å²) in [4.78, 5) is 27.2. The molecule has 0 aliphatic rings. The first kappa shape index (κ1) is 21.0. The van der Waals surface area contributed by atoms with E-state index in [1.165, 1.54) is 5.56 Å². The first-order valence-electron chi connectivity index (χ1n) is 9.30. The topological polar surface area (TPSA) is 109 Å². The Labute approximate surface area is 165 Å². The Kier molecular flexibility index (Phi) is 8.52. The Balaban J connectivity index is 1.87. The fourth-order valence-electron chi connectivity index (χ4n) is 2.51. The van der Waals surface area contributed by atoms with Crippen molar-refractivity contribution in [1.29, 1.82) is 0 Å². The number of carbonyl (C=O) groups is 2. The molecule has 0 atom stereocenters. The highest BCUT2D eigenvalue weighted by atomic mass is 16.2. The van der Waals surface area contributed by atoms with Crippen molar-refractivity contribution in [2.75, 3.05) is 19.6 Å². The van der Waals surface area contributed by atoms with Crippen molar-refractivity contribution in [3.63, 3.8) is 0 Å². The second kappa shape index (κ2) is 11.4. The van der Waals surface area contributed by atoms with E-state index in [2.05, 4.69) is 33.1 Å². The molecule has 0 aliphatic carbocycles. The maximum atomic E-state index is 11.9. The Hall–Kier alpha value is -3.35. The lowest BCUT2D eigenvalue weighted by atomic mass is 10.1. The third-order valence-electron chi connectivity index (χ3n) is 3.95. The van der Waals surface area contributed by atoms with Gasteiger partial charge in [0.25, 0.3) is 5.91 Å². The van der Waals surface area contributed by atoms with Crippen LogP contribution in [-0.2, 0) is 17.8 Å². The predicted molar refractivity (Wildman–Crippen MR) is 111 cm³/mol. The van der Waals surface area contributed by atoms with Crippen LogP contribution in [0.5, 0.6) is 0 Å². The standard InChI is InChI=1S/C21H27N5O2/c1-2-23-21(24-13-12-16-6-4-3-5-7-16)26-14-17-8-10-18(11-9-17)20(28)25-15-19(22)27/h3-11H,2,12-15H2,1H3,(H2,22,27)(H,25,28)(H2,23,24,26). The Morgan fingerprint density at radius 2 is 1.64 bits per heavy atom. The van der Waals surface area contributed by atoms with Crippen molar-refractivity contribution < 1.29 is 9.59 Å². The molecule has 0 saturated carbocycles. The summed E-state index contributed by atoms with van der Waals surface area (Å²) in [6.07, 6.45) is 0.917. The Bertz CT molecular complexity index is 788. The molecule has 0 radical (unpaired) electrons. The van der Waals surface area contributed by atoms with E-state index in [0.29, 0.717) is 12.1 Å². The molecule has 28 heavy (non-hydrogen) atoms. The molecule has 2 aromatic rings. The molecular formula is C21H27N5O2. The predicted octanol–water partition coefficient (Wildman–Crippen LogP) is 1.20. The van der Waals surface area contributed by atoms with E-state index < -0.39 is 5.91 Å². The molecule has 0 heterocycles. The van der Waals surface area contributed by atoms with Gasteiger partial charge in [-0.15, -0.1) is 0 Å². The number of rotatable bonds is 9. The van der Waals surface area contributed by atoms with Crippen LogP contribution in [0.15, 0.2) is 59.6 Å². The van der Waals surface area contributed by atoms with Gasteiger partial charge in [-0.25, -0.2) is 4.99 Å².